The third-order valence-corrected chi connectivity index (χ3v) is 17.0. The SMILES string of the molecule is CC=C1COCC1=CC(=C([C]#[Os])[P+](c1ccccc1)(c1ccccc1)c1ccccc1)c1ccc2c(c1)C(=C(c1ccccc1)c1ccccc1)c1cc(/C=C/C)ccc1-2. The van der Waals surface area contributed by atoms with Crippen molar-refractivity contribution in [1.82, 2.24) is 0 Å². The molecule has 0 unspecified atom stereocenters. The summed E-state index contributed by atoms with van der Waals surface area (Å²) in [6.45, 7) is 5.39. The van der Waals surface area contributed by atoms with Crippen molar-refractivity contribution in [1.29, 1.82) is 0 Å². The molecule has 7 aromatic carbocycles. The molecule has 1 aliphatic carbocycles. The summed E-state index contributed by atoms with van der Waals surface area (Å²) in [5.74, 6) is 0. The minimum atomic E-state index is -2.54. The fourth-order valence-electron chi connectivity index (χ4n) is 8.93. The summed E-state index contributed by atoms with van der Waals surface area (Å²) >= 11 is 1.84. The Bertz CT molecular complexity index is 2740. The van der Waals surface area contributed by atoms with Crippen LogP contribution in [-0.4, -0.2) is 13.2 Å². The molecule has 0 spiro atoms. The predicted octanol–water partition coefficient (Wildman–Crippen LogP) is 12.8. The third kappa shape index (κ3) is 7.22. The molecule has 1 nitrogen and oxygen atoms in total. The van der Waals surface area contributed by atoms with E-state index in [1.54, 1.807) is 0 Å². The van der Waals surface area contributed by atoms with Crippen LogP contribution in [-0.2, 0) is 22.7 Å². The van der Waals surface area contributed by atoms with E-state index in [0.717, 1.165) is 5.56 Å². The van der Waals surface area contributed by atoms with E-state index >= 15 is 0 Å². The molecule has 2 aliphatic rings. The monoisotopic (exact) mass is 968 g/mol. The van der Waals surface area contributed by atoms with Crippen molar-refractivity contribution in [3.05, 3.63) is 256 Å². The summed E-state index contributed by atoms with van der Waals surface area (Å²) in [5, 5.41) is 5.09. The van der Waals surface area contributed by atoms with Crippen molar-refractivity contribution in [3.8, 4) is 15.5 Å². The first-order valence-electron chi connectivity index (χ1n) is 20.5. The van der Waals surface area contributed by atoms with E-state index in [1.165, 1.54) is 88.0 Å². The van der Waals surface area contributed by atoms with Crippen LogP contribution in [0.25, 0.3) is 33.9 Å². The fraction of sp³-hybridized carbons (Fsp3) is 0.0702. The molecule has 7 aromatic rings. The Morgan fingerprint density at radius 1 is 0.533 bits per heavy atom. The van der Waals surface area contributed by atoms with E-state index in [1.807, 2.05) is 17.9 Å². The van der Waals surface area contributed by atoms with E-state index in [9.17, 15) is 0 Å². The topological polar surface area (TPSA) is 9.23 Å². The van der Waals surface area contributed by atoms with E-state index in [2.05, 4.69) is 231 Å². The average molecular weight is 967 g/mol. The van der Waals surface area contributed by atoms with Crippen molar-refractivity contribution >= 4 is 46.0 Å². The summed E-state index contributed by atoms with van der Waals surface area (Å²) < 4.78 is 10.1. The summed E-state index contributed by atoms with van der Waals surface area (Å²) in [5.41, 5.74) is 15.8. The maximum atomic E-state index is 6.16. The van der Waals surface area contributed by atoms with Crippen molar-refractivity contribution in [2.45, 2.75) is 13.8 Å². The molecule has 9 rings (SSSR count). The number of benzene rings is 7. The molecule has 1 heterocycles. The van der Waals surface area contributed by atoms with Crippen molar-refractivity contribution in [3.63, 3.8) is 0 Å². The normalized spacial score (nSPS) is 15.2. The number of hydrogen-bond acceptors (Lipinski definition) is 1. The van der Waals surface area contributed by atoms with Gasteiger partial charge in [0.15, 0.2) is 0 Å². The number of fused-ring (bicyclic) bond motifs is 3. The van der Waals surface area contributed by atoms with Gasteiger partial charge in [0.05, 0.1) is 0 Å². The number of ether oxygens (including phenoxy) is 1. The second-order valence-corrected chi connectivity index (χ2v) is 19.0. The Balaban J connectivity index is 1.43. The first-order chi connectivity index (χ1) is 29.6. The second kappa shape index (κ2) is 17.7. The molecule has 0 N–H and O–H groups in total. The van der Waals surface area contributed by atoms with Crippen LogP contribution >= 0.6 is 7.26 Å². The van der Waals surface area contributed by atoms with E-state index < -0.39 is 7.26 Å². The predicted molar refractivity (Wildman–Crippen MR) is 253 cm³/mol. The van der Waals surface area contributed by atoms with Gasteiger partial charge in [-0.1, -0.05) is 0 Å². The maximum absolute atomic E-state index is 6.16. The molecule has 0 radical (unpaired) electrons. The Hall–Kier alpha value is -5.95. The molecular weight excluding hydrogens is 922 g/mol. The third-order valence-electron chi connectivity index (χ3n) is 11.6. The van der Waals surface area contributed by atoms with Gasteiger partial charge in [0.1, 0.15) is 0 Å². The zero-order valence-electron chi connectivity index (χ0n) is 33.8. The molecular formula is C57H45OOsP+. The quantitative estimate of drug-likeness (QED) is 0.131. The van der Waals surface area contributed by atoms with Crippen LogP contribution in [0.15, 0.2) is 223 Å². The number of allylic oxidation sites excluding steroid dienone is 5. The average Bonchev–Trinajstić information content (AvgIpc) is 3.90. The summed E-state index contributed by atoms with van der Waals surface area (Å²) in [6.07, 6.45) is 8.96. The molecule has 0 saturated carbocycles. The molecule has 1 fully saturated rings. The molecule has 0 atom stereocenters. The van der Waals surface area contributed by atoms with Gasteiger partial charge >= 0.3 is 360 Å². The Morgan fingerprint density at radius 2 is 1.02 bits per heavy atom. The summed E-state index contributed by atoms with van der Waals surface area (Å²) in [4.78, 5) is 0. The van der Waals surface area contributed by atoms with Gasteiger partial charge in [-0.05, 0) is 6.92 Å². The van der Waals surface area contributed by atoms with Gasteiger partial charge in [-0.25, -0.2) is 0 Å². The molecule has 1 aliphatic heterocycles. The van der Waals surface area contributed by atoms with Crippen LogP contribution in [0.4, 0.5) is 0 Å². The number of rotatable bonds is 9. The van der Waals surface area contributed by atoms with Crippen LogP contribution in [0.2, 0.25) is 0 Å². The van der Waals surface area contributed by atoms with Gasteiger partial charge in [0.2, 0.25) is 0 Å². The van der Waals surface area contributed by atoms with Crippen molar-refractivity contribution < 1.29 is 22.7 Å². The molecule has 60 heavy (non-hydrogen) atoms. The van der Waals surface area contributed by atoms with Crippen LogP contribution in [0.3, 0.4) is 0 Å². The summed E-state index contributed by atoms with van der Waals surface area (Å²) in [7, 11) is -2.54. The van der Waals surface area contributed by atoms with E-state index in [-0.39, 0.29) is 0 Å². The van der Waals surface area contributed by atoms with Gasteiger partial charge in [0.25, 0.3) is 0 Å². The molecule has 1 saturated heterocycles. The standard InChI is InChI=1S/C57H45OP.Os/c1-4-21-42-32-34-51-52-35-33-46(37-55(52)57(54(51)36-42)56(44-22-11-6-12-23-44)45-24-13-7-14-25-45)53(38-47-40-58-39-43(47)5-2)41(3)59(48-26-15-8-16-27-48,49-28-17-9-18-29-49)50-30-19-10-20-31-50;/h4-38H,39-40H2,1-2H3;/q+1;/b21-4+,43-5?,47-38?,53-41?;. The van der Waals surface area contributed by atoms with Gasteiger partial charge in [0, 0.05) is 0 Å². The Kier molecular flexibility index (Phi) is 11.7. The number of hydrogen-bond donors (Lipinski definition) is 0. The molecule has 0 aromatic heterocycles. The van der Waals surface area contributed by atoms with Crippen LogP contribution in [0, 0.1) is 4.37 Å². The van der Waals surface area contributed by atoms with Gasteiger partial charge in [-0.15, -0.1) is 0 Å². The summed E-state index contributed by atoms with van der Waals surface area (Å²) in [6, 6.07) is 69.4. The van der Waals surface area contributed by atoms with Gasteiger partial charge < -0.3 is 0 Å². The molecule has 0 amide bonds. The fourth-order valence-corrected chi connectivity index (χ4v) is 14.8. The van der Waals surface area contributed by atoms with E-state index in [4.69, 9.17) is 4.74 Å². The van der Waals surface area contributed by atoms with Crippen LogP contribution < -0.4 is 15.9 Å². The Labute approximate surface area is 365 Å². The van der Waals surface area contributed by atoms with E-state index in [0.29, 0.717) is 13.2 Å². The van der Waals surface area contributed by atoms with Gasteiger partial charge in [-0.2, -0.15) is 0 Å². The zero-order valence-corrected chi connectivity index (χ0v) is 37.3. The van der Waals surface area contributed by atoms with Crippen LogP contribution in [0.5, 0.6) is 0 Å². The first kappa shape index (κ1) is 39.5. The van der Waals surface area contributed by atoms with Crippen molar-refractivity contribution in [2.75, 3.05) is 13.2 Å². The second-order valence-electron chi connectivity index (χ2n) is 15.1. The minimum absolute atomic E-state index is 0.567. The molecule has 3 heteroatoms. The first-order valence-corrected chi connectivity index (χ1v) is 23.6. The van der Waals surface area contributed by atoms with Crippen molar-refractivity contribution in [2.24, 2.45) is 0 Å². The van der Waals surface area contributed by atoms with Gasteiger partial charge in [-0.3, -0.25) is 0 Å². The van der Waals surface area contributed by atoms with Crippen LogP contribution in [0.1, 0.15) is 47.2 Å². The zero-order chi connectivity index (χ0) is 40.9. The molecule has 0 bridgehead atoms. The Morgan fingerprint density at radius 3 is 1.52 bits per heavy atom. The molecule has 291 valence electrons.